The van der Waals surface area contributed by atoms with Crippen molar-refractivity contribution in [1.82, 2.24) is 0 Å². The van der Waals surface area contributed by atoms with Crippen molar-refractivity contribution in [2.75, 3.05) is 12.4 Å². The Balaban J connectivity index is 1.99. The molecule has 0 radical (unpaired) electrons. The fourth-order valence-corrected chi connectivity index (χ4v) is 2.76. The number of amides is 1. The van der Waals surface area contributed by atoms with Crippen LogP contribution < -0.4 is 10.1 Å². The van der Waals surface area contributed by atoms with E-state index >= 15 is 0 Å². The SMILES string of the molecule is COc1ccc(CSc2ccc(NC(=O)C(C)(C)C)c(F)c2)cc1. The molecule has 0 aliphatic carbocycles. The molecule has 0 saturated heterocycles. The first-order valence-electron chi connectivity index (χ1n) is 7.66. The number of ether oxygens (including phenoxy) is 1. The first-order valence-corrected chi connectivity index (χ1v) is 8.65. The minimum Gasteiger partial charge on any atom is -0.497 e. The van der Waals surface area contributed by atoms with Gasteiger partial charge < -0.3 is 10.1 Å². The molecule has 1 N–H and O–H groups in total. The average Bonchev–Trinajstić information content (AvgIpc) is 2.54. The lowest BCUT2D eigenvalue weighted by Crippen LogP contribution is -2.28. The molecule has 3 nitrogen and oxygen atoms in total. The zero-order valence-electron chi connectivity index (χ0n) is 14.4. The monoisotopic (exact) mass is 347 g/mol. The summed E-state index contributed by atoms with van der Waals surface area (Å²) in [5.41, 5.74) is 0.781. The van der Waals surface area contributed by atoms with Crippen LogP contribution in [-0.4, -0.2) is 13.0 Å². The summed E-state index contributed by atoms with van der Waals surface area (Å²) in [7, 11) is 1.63. The third-order valence-electron chi connectivity index (χ3n) is 3.43. The van der Waals surface area contributed by atoms with Crippen molar-refractivity contribution in [2.45, 2.75) is 31.4 Å². The highest BCUT2D eigenvalue weighted by Crippen LogP contribution is 2.28. The second-order valence-electron chi connectivity index (χ2n) is 6.48. The van der Waals surface area contributed by atoms with Crippen molar-refractivity contribution in [1.29, 1.82) is 0 Å². The van der Waals surface area contributed by atoms with E-state index in [2.05, 4.69) is 5.32 Å². The Kier molecular flexibility index (Phi) is 5.89. The minimum atomic E-state index is -0.561. The van der Waals surface area contributed by atoms with E-state index in [1.165, 1.54) is 6.07 Å². The van der Waals surface area contributed by atoms with Gasteiger partial charge in [-0.3, -0.25) is 4.79 Å². The molecule has 0 spiro atoms. The van der Waals surface area contributed by atoms with Crippen LogP contribution in [0.4, 0.5) is 10.1 Å². The third kappa shape index (κ3) is 4.99. The molecule has 2 aromatic rings. The molecule has 0 aliphatic heterocycles. The van der Waals surface area contributed by atoms with Gasteiger partial charge in [-0.1, -0.05) is 32.9 Å². The summed E-state index contributed by atoms with van der Waals surface area (Å²) in [6.07, 6.45) is 0. The Labute approximate surface area is 146 Å². The standard InChI is InChI=1S/C19H22FNO2S/c1-19(2,3)18(22)21-17-10-9-15(11-16(17)20)24-12-13-5-7-14(23-4)8-6-13/h5-11H,12H2,1-4H3,(H,21,22). The van der Waals surface area contributed by atoms with Gasteiger partial charge in [-0.15, -0.1) is 11.8 Å². The fraction of sp³-hybridized carbons (Fsp3) is 0.316. The van der Waals surface area contributed by atoms with Gasteiger partial charge in [-0.2, -0.15) is 0 Å². The maximum Gasteiger partial charge on any atom is 0.229 e. The van der Waals surface area contributed by atoms with Gasteiger partial charge in [0.05, 0.1) is 12.8 Å². The zero-order chi connectivity index (χ0) is 17.7. The van der Waals surface area contributed by atoms with Crippen molar-refractivity contribution >= 4 is 23.4 Å². The Morgan fingerprint density at radius 1 is 1.17 bits per heavy atom. The highest BCUT2D eigenvalue weighted by Gasteiger charge is 2.22. The van der Waals surface area contributed by atoms with E-state index in [-0.39, 0.29) is 11.6 Å². The van der Waals surface area contributed by atoms with Crippen molar-refractivity contribution in [3.8, 4) is 5.75 Å². The van der Waals surface area contributed by atoms with E-state index in [0.717, 1.165) is 22.0 Å². The van der Waals surface area contributed by atoms with Crippen LogP contribution >= 0.6 is 11.8 Å². The summed E-state index contributed by atoms with van der Waals surface area (Å²) >= 11 is 1.54. The maximum atomic E-state index is 14.2. The molecule has 0 bridgehead atoms. The molecule has 0 unspecified atom stereocenters. The summed E-state index contributed by atoms with van der Waals surface area (Å²) < 4.78 is 19.3. The van der Waals surface area contributed by atoms with E-state index in [1.54, 1.807) is 45.7 Å². The van der Waals surface area contributed by atoms with E-state index in [0.29, 0.717) is 0 Å². The second-order valence-corrected chi connectivity index (χ2v) is 7.53. The lowest BCUT2D eigenvalue weighted by molar-refractivity contribution is -0.123. The molecule has 24 heavy (non-hydrogen) atoms. The number of hydrogen-bond donors (Lipinski definition) is 1. The number of hydrogen-bond acceptors (Lipinski definition) is 3. The average molecular weight is 347 g/mol. The van der Waals surface area contributed by atoms with E-state index in [9.17, 15) is 9.18 Å². The van der Waals surface area contributed by atoms with Crippen LogP contribution in [0, 0.1) is 11.2 Å². The van der Waals surface area contributed by atoms with Crippen LogP contribution in [0.5, 0.6) is 5.75 Å². The Morgan fingerprint density at radius 3 is 2.38 bits per heavy atom. The van der Waals surface area contributed by atoms with Gasteiger partial charge in [0.1, 0.15) is 11.6 Å². The molecule has 0 fully saturated rings. The number of carbonyl (C=O) groups excluding carboxylic acids is 1. The highest BCUT2D eigenvalue weighted by atomic mass is 32.2. The number of carbonyl (C=O) groups is 1. The molecular weight excluding hydrogens is 325 g/mol. The number of rotatable bonds is 5. The summed E-state index contributed by atoms with van der Waals surface area (Å²) in [6.45, 7) is 5.37. The van der Waals surface area contributed by atoms with E-state index in [1.807, 2.05) is 30.3 Å². The largest absolute Gasteiger partial charge is 0.497 e. The number of halogens is 1. The predicted octanol–water partition coefficient (Wildman–Crippen LogP) is 5.11. The summed E-state index contributed by atoms with van der Waals surface area (Å²) in [5.74, 6) is 0.915. The molecule has 2 aromatic carbocycles. The molecule has 0 atom stereocenters. The van der Waals surface area contributed by atoms with Crippen LogP contribution in [0.1, 0.15) is 26.3 Å². The fourth-order valence-electron chi connectivity index (χ4n) is 1.89. The maximum absolute atomic E-state index is 14.2. The quantitative estimate of drug-likeness (QED) is 0.764. The third-order valence-corrected chi connectivity index (χ3v) is 4.50. The number of methoxy groups -OCH3 is 1. The van der Waals surface area contributed by atoms with Gasteiger partial charge in [0.2, 0.25) is 5.91 Å². The van der Waals surface area contributed by atoms with Gasteiger partial charge in [0, 0.05) is 16.1 Å². The van der Waals surface area contributed by atoms with Gasteiger partial charge >= 0.3 is 0 Å². The molecule has 1 amide bonds. The van der Waals surface area contributed by atoms with Crippen molar-refractivity contribution < 1.29 is 13.9 Å². The van der Waals surface area contributed by atoms with Gasteiger partial charge in [-0.05, 0) is 35.9 Å². The molecular formula is C19H22FNO2S. The smallest absolute Gasteiger partial charge is 0.229 e. The molecule has 128 valence electrons. The molecule has 0 saturated carbocycles. The van der Waals surface area contributed by atoms with E-state index in [4.69, 9.17) is 4.74 Å². The minimum absolute atomic E-state index is 0.208. The normalized spacial score (nSPS) is 11.2. The number of anilines is 1. The Hall–Kier alpha value is -2.01. The summed E-state index contributed by atoms with van der Waals surface area (Å²) in [6, 6.07) is 12.7. The van der Waals surface area contributed by atoms with Gasteiger partial charge in [-0.25, -0.2) is 4.39 Å². The summed E-state index contributed by atoms with van der Waals surface area (Å²) in [5, 5.41) is 2.63. The van der Waals surface area contributed by atoms with Gasteiger partial charge in [0.15, 0.2) is 0 Å². The first-order chi connectivity index (χ1) is 11.3. The lowest BCUT2D eigenvalue weighted by atomic mass is 9.95. The van der Waals surface area contributed by atoms with Crippen molar-refractivity contribution in [3.63, 3.8) is 0 Å². The van der Waals surface area contributed by atoms with Crippen molar-refractivity contribution in [3.05, 3.63) is 53.8 Å². The number of nitrogens with one attached hydrogen (secondary N) is 1. The summed E-state index contributed by atoms with van der Waals surface area (Å²) in [4.78, 5) is 12.8. The van der Waals surface area contributed by atoms with E-state index < -0.39 is 11.2 Å². The van der Waals surface area contributed by atoms with Crippen LogP contribution in [-0.2, 0) is 10.5 Å². The molecule has 5 heteroatoms. The molecule has 0 heterocycles. The van der Waals surface area contributed by atoms with Crippen molar-refractivity contribution in [2.24, 2.45) is 5.41 Å². The highest BCUT2D eigenvalue weighted by molar-refractivity contribution is 7.98. The number of thioether (sulfide) groups is 1. The van der Waals surface area contributed by atoms with Gasteiger partial charge in [0.25, 0.3) is 0 Å². The Bertz CT molecular complexity index is 708. The van der Waals surface area contributed by atoms with Crippen LogP contribution in [0.15, 0.2) is 47.4 Å². The molecule has 2 rings (SSSR count). The predicted molar refractivity (Wildman–Crippen MR) is 97.0 cm³/mol. The Morgan fingerprint density at radius 2 is 1.83 bits per heavy atom. The zero-order valence-corrected chi connectivity index (χ0v) is 15.2. The number of benzene rings is 2. The first kappa shape index (κ1) is 18.3. The lowest BCUT2D eigenvalue weighted by Gasteiger charge is -2.18. The second kappa shape index (κ2) is 7.71. The molecule has 0 aliphatic rings. The van der Waals surface area contributed by atoms with Crippen LogP contribution in [0.3, 0.4) is 0 Å². The molecule has 0 aromatic heterocycles. The topological polar surface area (TPSA) is 38.3 Å². The van der Waals surface area contributed by atoms with Crippen LogP contribution in [0.25, 0.3) is 0 Å². The van der Waals surface area contributed by atoms with Crippen LogP contribution in [0.2, 0.25) is 0 Å².